The smallest absolute Gasteiger partial charge is 0.321 e. The van der Waals surface area contributed by atoms with Crippen LogP contribution < -0.4 is 10.6 Å². The summed E-state index contributed by atoms with van der Waals surface area (Å²) in [4.78, 5) is 27.2. The Balaban J connectivity index is 1.40. The number of para-hydroxylation sites is 1. The van der Waals surface area contributed by atoms with Gasteiger partial charge in [-0.3, -0.25) is 4.79 Å². The van der Waals surface area contributed by atoms with Crippen LogP contribution in [-0.4, -0.2) is 36.0 Å². The summed E-state index contributed by atoms with van der Waals surface area (Å²) in [5.41, 5.74) is 2.67. The highest BCUT2D eigenvalue weighted by Crippen LogP contribution is 2.28. The van der Waals surface area contributed by atoms with Gasteiger partial charge >= 0.3 is 6.03 Å². The molecule has 2 aromatic carbocycles. The Bertz CT molecular complexity index is 846. The van der Waals surface area contributed by atoms with E-state index in [0.717, 1.165) is 49.0 Å². The molecule has 2 aliphatic rings. The van der Waals surface area contributed by atoms with Crippen LogP contribution in [0.25, 0.3) is 0 Å². The van der Waals surface area contributed by atoms with Crippen LogP contribution in [0, 0.1) is 0 Å². The minimum absolute atomic E-state index is 0.0215. The molecule has 2 fully saturated rings. The monoisotopic (exact) mass is 391 g/mol. The largest absolute Gasteiger partial charge is 0.349 e. The van der Waals surface area contributed by atoms with Crippen molar-refractivity contribution in [3.8, 4) is 0 Å². The number of hydrogen-bond donors (Lipinski definition) is 2. The van der Waals surface area contributed by atoms with Crippen molar-refractivity contribution in [2.75, 3.05) is 18.4 Å². The van der Waals surface area contributed by atoms with Crippen LogP contribution in [-0.2, 0) is 0 Å². The van der Waals surface area contributed by atoms with E-state index in [2.05, 4.69) is 16.7 Å². The Morgan fingerprint density at radius 3 is 2.48 bits per heavy atom. The quantitative estimate of drug-likeness (QED) is 0.789. The molecule has 1 unspecified atom stereocenters. The predicted octanol–water partition coefficient (Wildman–Crippen LogP) is 4.77. The fourth-order valence-electron chi connectivity index (χ4n) is 4.43. The molecule has 4 rings (SSSR count). The Labute approximate surface area is 172 Å². The third-order valence-electron chi connectivity index (χ3n) is 6.04. The fraction of sp³-hybridized carbons (Fsp3) is 0.417. The first-order valence-electron chi connectivity index (χ1n) is 10.7. The second kappa shape index (κ2) is 9.12. The number of anilines is 1. The van der Waals surface area contributed by atoms with E-state index in [-0.39, 0.29) is 17.9 Å². The van der Waals surface area contributed by atoms with Crippen molar-refractivity contribution in [1.29, 1.82) is 0 Å². The van der Waals surface area contributed by atoms with Crippen molar-refractivity contribution in [2.45, 2.75) is 50.5 Å². The molecule has 5 nitrogen and oxygen atoms in total. The fourth-order valence-corrected chi connectivity index (χ4v) is 4.43. The number of likely N-dealkylation sites (tertiary alicyclic amines) is 1. The first kappa shape index (κ1) is 19.5. The molecule has 1 heterocycles. The number of nitrogens with one attached hydrogen (secondary N) is 2. The van der Waals surface area contributed by atoms with Gasteiger partial charge in [-0.05, 0) is 55.5 Å². The lowest BCUT2D eigenvalue weighted by molar-refractivity contribution is 0.0937. The molecule has 3 amide bonds. The Morgan fingerprint density at radius 1 is 0.897 bits per heavy atom. The number of piperidine rings is 1. The molecule has 1 aliphatic carbocycles. The molecule has 0 aromatic heterocycles. The third kappa shape index (κ3) is 4.97. The zero-order chi connectivity index (χ0) is 20.1. The van der Waals surface area contributed by atoms with Gasteiger partial charge in [0.2, 0.25) is 0 Å². The van der Waals surface area contributed by atoms with Crippen molar-refractivity contribution in [1.82, 2.24) is 10.2 Å². The van der Waals surface area contributed by atoms with E-state index in [1.807, 2.05) is 53.4 Å². The Kier molecular flexibility index (Phi) is 6.13. The van der Waals surface area contributed by atoms with Crippen molar-refractivity contribution >= 4 is 17.6 Å². The molecule has 5 heteroatoms. The van der Waals surface area contributed by atoms with E-state index in [0.29, 0.717) is 12.6 Å². The van der Waals surface area contributed by atoms with Gasteiger partial charge in [-0.25, -0.2) is 4.79 Å². The van der Waals surface area contributed by atoms with Gasteiger partial charge in [-0.15, -0.1) is 0 Å². The van der Waals surface area contributed by atoms with Gasteiger partial charge in [0, 0.05) is 36.3 Å². The summed E-state index contributed by atoms with van der Waals surface area (Å²) < 4.78 is 0. The van der Waals surface area contributed by atoms with Gasteiger partial charge in [0.1, 0.15) is 0 Å². The second-order valence-corrected chi connectivity index (χ2v) is 8.16. The minimum Gasteiger partial charge on any atom is -0.349 e. The van der Waals surface area contributed by atoms with E-state index in [9.17, 15) is 9.59 Å². The van der Waals surface area contributed by atoms with E-state index in [1.165, 1.54) is 12.8 Å². The van der Waals surface area contributed by atoms with E-state index in [1.54, 1.807) is 0 Å². The first-order chi connectivity index (χ1) is 14.2. The molecule has 0 spiro atoms. The van der Waals surface area contributed by atoms with Gasteiger partial charge in [0.25, 0.3) is 5.91 Å². The molecule has 1 saturated heterocycles. The highest BCUT2D eigenvalue weighted by atomic mass is 16.2. The summed E-state index contributed by atoms with van der Waals surface area (Å²) in [6, 6.07) is 17.7. The van der Waals surface area contributed by atoms with Crippen LogP contribution >= 0.6 is 0 Å². The summed E-state index contributed by atoms with van der Waals surface area (Å²) >= 11 is 0. The lowest BCUT2D eigenvalue weighted by Crippen LogP contribution is -2.41. The van der Waals surface area contributed by atoms with Crippen molar-refractivity contribution in [3.05, 3.63) is 65.7 Å². The molecule has 0 radical (unpaired) electrons. The highest BCUT2D eigenvalue weighted by Gasteiger charge is 2.25. The number of rotatable bonds is 4. The van der Waals surface area contributed by atoms with Gasteiger partial charge in [-0.1, -0.05) is 43.2 Å². The summed E-state index contributed by atoms with van der Waals surface area (Å²) in [6.45, 7) is 1.43. The maximum absolute atomic E-state index is 12.7. The van der Waals surface area contributed by atoms with Crippen LogP contribution in [0.15, 0.2) is 54.6 Å². The van der Waals surface area contributed by atoms with Crippen molar-refractivity contribution in [2.24, 2.45) is 0 Å². The van der Waals surface area contributed by atoms with Gasteiger partial charge in [0.15, 0.2) is 0 Å². The lowest BCUT2D eigenvalue weighted by Gasteiger charge is -2.33. The van der Waals surface area contributed by atoms with Crippen molar-refractivity contribution < 1.29 is 9.59 Å². The third-order valence-corrected chi connectivity index (χ3v) is 6.04. The van der Waals surface area contributed by atoms with E-state index < -0.39 is 0 Å². The number of hydrogen-bond acceptors (Lipinski definition) is 2. The first-order valence-corrected chi connectivity index (χ1v) is 10.7. The average Bonchev–Trinajstić information content (AvgIpc) is 3.28. The van der Waals surface area contributed by atoms with Crippen LogP contribution in [0.3, 0.4) is 0 Å². The molecule has 1 atom stereocenters. The van der Waals surface area contributed by atoms with Crippen LogP contribution in [0.1, 0.15) is 60.4 Å². The topological polar surface area (TPSA) is 61.4 Å². The minimum atomic E-state index is -0.0592. The summed E-state index contributed by atoms with van der Waals surface area (Å²) in [6.07, 6.45) is 6.56. The Morgan fingerprint density at radius 2 is 1.69 bits per heavy atom. The Hall–Kier alpha value is -2.82. The van der Waals surface area contributed by atoms with Gasteiger partial charge in [0.05, 0.1) is 0 Å². The number of carbonyl (C=O) groups is 2. The molecular formula is C24H29N3O2. The molecule has 2 aromatic rings. The van der Waals surface area contributed by atoms with Crippen LogP contribution in [0.5, 0.6) is 0 Å². The standard InChI is InChI=1S/C24H29N3O2/c28-23(25-21-13-4-5-14-21)19-9-6-8-18(16-19)20-10-7-15-27(17-20)24(29)26-22-11-2-1-3-12-22/h1-3,6,8-9,11-12,16,20-21H,4-5,7,10,13-15,17H2,(H,25,28)(H,26,29). The summed E-state index contributed by atoms with van der Waals surface area (Å²) in [5.74, 6) is 0.276. The number of urea groups is 1. The van der Waals surface area contributed by atoms with E-state index >= 15 is 0 Å². The molecule has 2 N–H and O–H groups in total. The van der Waals surface area contributed by atoms with E-state index in [4.69, 9.17) is 0 Å². The number of nitrogens with zero attached hydrogens (tertiary/aromatic N) is 1. The van der Waals surface area contributed by atoms with Crippen LogP contribution in [0.2, 0.25) is 0 Å². The summed E-state index contributed by atoms with van der Waals surface area (Å²) in [7, 11) is 0. The van der Waals surface area contributed by atoms with Crippen molar-refractivity contribution in [3.63, 3.8) is 0 Å². The number of amides is 3. The normalized spacial score (nSPS) is 19.7. The molecular weight excluding hydrogens is 362 g/mol. The van der Waals surface area contributed by atoms with Gasteiger partial charge < -0.3 is 15.5 Å². The predicted molar refractivity (Wildman–Crippen MR) is 115 cm³/mol. The molecule has 1 aliphatic heterocycles. The van der Waals surface area contributed by atoms with Crippen LogP contribution in [0.4, 0.5) is 10.5 Å². The highest BCUT2D eigenvalue weighted by molar-refractivity contribution is 5.94. The second-order valence-electron chi connectivity index (χ2n) is 8.16. The maximum Gasteiger partial charge on any atom is 0.321 e. The average molecular weight is 392 g/mol. The zero-order valence-corrected chi connectivity index (χ0v) is 16.8. The molecule has 0 bridgehead atoms. The molecule has 152 valence electrons. The SMILES string of the molecule is O=C(NC1CCCC1)c1cccc(C2CCCN(C(=O)Nc3ccccc3)C2)c1. The summed E-state index contributed by atoms with van der Waals surface area (Å²) in [5, 5.41) is 6.14. The number of benzene rings is 2. The van der Waals surface area contributed by atoms with Gasteiger partial charge in [-0.2, -0.15) is 0 Å². The lowest BCUT2D eigenvalue weighted by atomic mass is 9.89. The number of carbonyl (C=O) groups excluding carboxylic acids is 2. The molecule has 1 saturated carbocycles. The maximum atomic E-state index is 12.7. The zero-order valence-electron chi connectivity index (χ0n) is 16.8. The molecule has 29 heavy (non-hydrogen) atoms.